The van der Waals surface area contributed by atoms with E-state index in [1.807, 2.05) is 0 Å². The van der Waals surface area contributed by atoms with Crippen LogP contribution in [0.15, 0.2) is 18.3 Å². The molecule has 2 aliphatic heterocycles. The van der Waals surface area contributed by atoms with E-state index in [-0.39, 0.29) is 11.7 Å². The fourth-order valence-electron chi connectivity index (χ4n) is 2.74. The van der Waals surface area contributed by atoms with Gasteiger partial charge in [0.2, 0.25) is 0 Å². The number of nitrogens with zero attached hydrogens (tertiary/aromatic N) is 2. The Morgan fingerprint density at radius 1 is 1.37 bits per heavy atom. The molecule has 1 spiro atoms. The third-order valence-corrected chi connectivity index (χ3v) is 3.80. The predicted octanol–water partition coefficient (Wildman–Crippen LogP) is 1.13. The van der Waals surface area contributed by atoms with Crippen molar-refractivity contribution in [1.29, 1.82) is 0 Å². The minimum atomic E-state index is -0.345. The number of nitrogens with one attached hydrogen (secondary N) is 1. The van der Waals surface area contributed by atoms with Crippen molar-refractivity contribution in [3.63, 3.8) is 0 Å². The van der Waals surface area contributed by atoms with Crippen LogP contribution < -0.4 is 16.0 Å². The fraction of sp³-hybridized carbons (Fsp3) is 0.538. The van der Waals surface area contributed by atoms with Crippen molar-refractivity contribution in [1.82, 2.24) is 10.3 Å². The SMILES string of the molecule is Nc1ccc(N2CC3(CCCNCC3)OC2=O)cn1. The topological polar surface area (TPSA) is 80.5 Å². The highest BCUT2D eigenvalue weighted by atomic mass is 16.6. The highest BCUT2D eigenvalue weighted by Crippen LogP contribution is 2.34. The number of pyridine rings is 1. The first-order valence-electron chi connectivity index (χ1n) is 6.61. The molecule has 6 nitrogen and oxygen atoms in total. The molecule has 0 saturated carbocycles. The van der Waals surface area contributed by atoms with Crippen molar-refractivity contribution in [2.45, 2.75) is 24.9 Å². The van der Waals surface area contributed by atoms with Gasteiger partial charge in [-0.25, -0.2) is 9.78 Å². The van der Waals surface area contributed by atoms with Crippen LogP contribution in [0.1, 0.15) is 19.3 Å². The lowest BCUT2D eigenvalue weighted by Crippen LogP contribution is -2.35. The first-order chi connectivity index (χ1) is 9.19. The molecular formula is C13H18N4O2. The zero-order valence-corrected chi connectivity index (χ0v) is 10.8. The zero-order valence-electron chi connectivity index (χ0n) is 10.8. The van der Waals surface area contributed by atoms with Crippen LogP contribution in [0.5, 0.6) is 0 Å². The first kappa shape index (κ1) is 12.2. The van der Waals surface area contributed by atoms with Crippen molar-refractivity contribution in [2.75, 3.05) is 30.3 Å². The van der Waals surface area contributed by atoms with Gasteiger partial charge in [0.15, 0.2) is 0 Å². The van der Waals surface area contributed by atoms with E-state index in [2.05, 4.69) is 10.3 Å². The summed E-state index contributed by atoms with van der Waals surface area (Å²) in [7, 11) is 0. The molecule has 0 aromatic carbocycles. The van der Waals surface area contributed by atoms with E-state index in [1.54, 1.807) is 23.2 Å². The van der Waals surface area contributed by atoms with Crippen LogP contribution in [0.3, 0.4) is 0 Å². The number of hydrogen-bond donors (Lipinski definition) is 2. The number of aromatic nitrogens is 1. The van der Waals surface area contributed by atoms with Crippen LogP contribution >= 0.6 is 0 Å². The van der Waals surface area contributed by atoms with Gasteiger partial charge >= 0.3 is 6.09 Å². The van der Waals surface area contributed by atoms with Gasteiger partial charge in [-0.1, -0.05) is 0 Å². The van der Waals surface area contributed by atoms with E-state index in [0.717, 1.165) is 38.0 Å². The van der Waals surface area contributed by atoms with E-state index >= 15 is 0 Å². The molecule has 2 aliphatic rings. The van der Waals surface area contributed by atoms with Gasteiger partial charge in [0.1, 0.15) is 11.4 Å². The van der Waals surface area contributed by atoms with Crippen LogP contribution in [-0.2, 0) is 4.74 Å². The molecular weight excluding hydrogens is 244 g/mol. The predicted molar refractivity (Wildman–Crippen MR) is 71.9 cm³/mol. The molecule has 1 aromatic heterocycles. The van der Waals surface area contributed by atoms with Gasteiger partial charge in [-0.15, -0.1) is 0 Å². The Hall–Kier alpha value is -1.82. The third kappa shape index (κ3) is 2.35. The second-order valence-corrected chi connectivity index (χ2v) is 5.18. The average Bonchev–Trinajstić information content (AvgIpc) is 2.58. The van der Waals surface area contributed by atoms with Gasteiger partial charge in [-0.3, -0.25) is 4.90 Å². The number of nitrogens with two attached hydrogens (primary N) is 1. The molecule has 1 unspecified atom stereocenters. The fourth-order valence-corrected chi connectivity index (χ4v) is 2.74. The van der Waals surface area contributed by atoms with E-state index in [9.17, 15) is 4.79 Å². The normalized spacial score (nSPS) is 27.4. The van der Waals surface area contributed by atoms with Crippen molar-refractivity contribution in [3.8, 4) is 0 Å². The number of nitrogen functional groups attached to an aromatic ring is 1. The number of rotatable bonds is 1. The van der Waals surface area contributed by atoms with Gasteiger partial charge in [0.25, 0.3) is 0 Å². The van der Waals surface area contributed by atoms with Gasteiger partial charge in [-0.05, 0) is 38.1 Å². The smallest absolute Gasteiger partial charge is 0.415 e. The Labute approximate surface area is 111 Å². The Morgan fingerprint density at radius 2 is 2.26 bits per heavy atom. The van der Waals surface area contributed by atoms with E-state index in [1.165, 1.54) is 0 Å². The Balaban J connectivity index is 1.81. The summed E-state index contributed by atoms with van der Waals surface area (Å²) in [6.07, 6.45) is 4.13. The summed E-state index contributed by atoms with van der Waals surface area (Å²) in [6, 6.07) is 3.50. The number of carbonyl (C=O) groups is 1. The second-order valence-electron chi connectivity index (χ2n) is 5.18. The van der Waals surface area contributed by atoms with Crippen molar-refractivity contribution in [2.24, 2.45) is 0 Å². The summed E-state index contributed by atoms with van der Waals surface area (Å²) in [5.74, 6) is 0.449. The molecule has 0 bridgehead atoms. The van der Waals surface area contributed by atoms with Crippen molar-refractivity contribution in [3.05, 3.63) is 18.3 Å². The Bertz CT molecular complexity index is 466. The lowest BCUT2D eigenvalue weighted by Gasteiger charge is -2.24. The maximum absolute atomic E-state index is 12.1. The average molecular weight is 262 g/mol. The van der Waals surface area contributed by atoms with E-state index < -0.39 is 0 Å². The maximum Gasteiger partial charge on any atom is 0.415 e. The second kappa shape index (κ2) is 4.70. The maximum atomic E-state index is 12.1. The molecule has 3 rings (SSSR count). The number of hydrogen-bond acceptors (Lipinski definition) is 5. The molecule has 0 radical (unpaired) electrons. The summed E-state index contributed by atoms with van der Waals surface area (Å²) in [6.45, 7) is 2.48. The highest BCUT2D eigenvalue weighted by molar-refractivity contribution is 5.90. The lowest BCUT2D eigenvalue weighted by molar-refractivity contribution is 0.0470. The number of amides is 1. The van der Waals surface area contributed by atoms with Crippen LogP contribution in [0.4, 0.5) is 16.3 Å². The monoisotopic (exact) mass is 262 g/mol. The molecule has 102 valence electrons. The van der Waals surface area contributed by atoms with E-state index in [0.29, 0.717) is 12.4 Å². The van der Waals surface area contributed by atoms with Crippen LogP contribution in [-0.4, -0.2) is 36.3 Å². The first-order valence-corrected chi connectivity index (χ1v) is 6.61. The summed E-state index contributed by atoms with van der Waals surface area (Å²) in [4.78, 5) is 17.7. The molecule has 3 N–H and O–H groups in total. The summed E-state index contributed by atoms with van der Waals surface area (Å²) in [5, 5.41) is 3.34. The van der Waals surface area contributed by atoms with Crippen molar-refractivity contribution < 1.29 is 9.53 Å². The summed E-state index contributed by atoms with van der Waals surface area (Å²) in [5.41, 5.74) is 5.96. The minimum absolute atomic E-state index is 0.284. The van der Waals surface area contributed by atoms with Crippen LogP contribution in [0, 0.1) is 0 Å². The quantitative estimate of drug-likeness (QED) is 0.793. The molecule has 1 aromatic rings. The highest BCUT2D eigenvalue weighted by Gasteiger charge is 2.45. The molecule has 0 aliphatic carbocycles. The molecule has 2 fully saturated rings. The standard InChI is InChI=1S/C13H18N4O2/c14-11-3-2-10(8-16-11)17-9-13(19-12(17)18)4-1-6-15-7-5-13/h2-3,8,15H,1,4-7,9H2,(H2,14,16). The van der Waals surface area contributed by atoms with E-state index in [4.69, 9.17) is 10.5 Å². The number of carbonyl (C=O) groups excluding carboxylic acids is 1. The Morgan fingerprint density at radius 3 is 3.05 bits per heavy atom. The lowest BCUT2D eigenvalue weighted by atomic mass is 9.95. The molecule has 1 atom stereocenters. The van der Waals surface area contributed by atoms with Gasteiger partial charge in [0.05, 0.1) is 18.4 Å². The molecule has 6 heteroatoms. The van der Waals surface area contributed by atoms with Crippen molar-refractivity contribution >= 4 is 17.6 Å². The Kier molecular flexibility index (Phi) is 3.02. The minimum Gasteiger partial charge on any atom is -0.441 e. The van der Waals surface area contributed by atoms with Gasteiger partial charge < -0.3 is 15.8 Å². The third-order valence-electron chi connectivity index (χ3n) is 3.80. The van der Waals surface area contributed by atoms with Crippen LogP contribution in [0.2, 0.25) is 0 Å². The number of anilines is 2. The largest absolute Gasteiger partial charge is 0.441 e. The molecule has 19 heavy (non-hydrogen) atoms. The van der Waals surface area contributed by atoms with Gasteiger partial charge in [0, 0.05) is 6.42 Å². The number of ether oxygens (including phenoxy) is 1. The zero-order chi connectivity index (χ0) is 13.3. The summed E-state index contributed by atoms with van der Waals surface area (Å²) >= 11 is 0. The van der Waals surface area contributed by atoms with Gasteiger partial charge in [-0.2, -0.15) is 0 Å². The summed E-state index contributed by atoms with van der Waals surface area (Å²) < 4.78 is 5.66. The molecule has 3 heterocycles. The molecule has 1 amide bonds. The molecule has 2 saturated heterocycles. The van der Waals surface area contributed by atoms with Crippen LogP contribution in [0.25, 0.3) is 0 Å².